The topological polar surface area (TPSA) is 55.4 Å². The Balaban J connectivity index is 3.70. The molecule has 1 amide bonds. The molecule has 0 aliphatic rings. The van der Waals surface area contributed by atoms with E-state index in [1.54, 1.807) is 27.7 Å². The van der Waals surface area contributed by atoms with E-state index >= 15 is 0 Å². The lowest BCUT2D eigenvalue weighted by molar-refractivity contribution is -0.110. The maximum Gasteiger partial charge on any atom is 0.407 e. The molecular weight excluding hydrogens is 170 g/mol. The second-order valence-electron chi connectivity index (χ2n) is 4.00. The van der Waals surface area contributed by atoms with Gasteiger partial charge in [-0.05, 0) is 20.8 Å². The van der Waals surface area contributed by atoms with Crippen LogP contribution in [0.5, 0.6) is 0 Å². The average molecular weight is 187 g/mol. The summed E-state index contributed by atoms with van der Waals surface area (Å²) in [6.07, 6.45) is 0.304. The number of hydrogen-bond donors (Lipinski definition) is 1. The van der Waals surface area contributed by atoms with Gasteiger partial charge >= 0.3 is 6.09 Å². The summed E-state index contributed by atoms with van der Waals surface area (Å²) < 4.78 is 4.97. The number of nitrogens with one attached hydrogen (secondary N) is 1. The molecule has 1 N–H and O–H groups in total. The third-order valence-electron chi connectivity index (χ3n) is 1.20. The van der Waals surface area contributed by atoms with Crippen molar-refractivity contribution in [1.29, 1.82) is 0 Å². The molecule has 0 unspecified atom stereocenters. The molecule has 0 radical (unpaired) electrons. The molecule has 13 heavy (non-hydrogen) atoms. The number of hydrogen-bond acceptors (Lipinski definition) is 3. The second-order valence-corrected chi connectivity index (χ2v) is 4.00. The summed E-state index contributed by atoms with van der Waals surface area (Å²) in [6.45, 7) is 7.41. The van der Waals surface area contributed by atoms with E-state index < -0.39 is 11.7 Å². The average Bonchev–Trinajstić information content (AvgIpc) is 1.97. The van der Waals surface area contributed by atoms with E-state index in [0.717, 1.165) is 6.29 Å². The number of amides is 1. The Hall–Kier alpha value is -1.06. The van der Waals surface area contributed by atoms with Gasteiger partial charge < -0.3 is 14.8 Å². The minimum absolute atomic E-state index is 0.174. The molecule has 0 saturated carbocycles. The summed E-state index contributed by atoms with van der Waals surface area (Å²) in [6, 6.07) is 0. The number of rotatable bonds is 3. The highest BCUT2D eigenvalue weighted by atomic mass is 16.6. The normalized spacial score (nSPS) is 13.2. The predicted octanol–water partition coefficient (Wildman–Crippen LogP) is 1.35. The van der Waals surface area contributed by atoms with Crippen LogP contribution in [-0.2, 0) is 9.53 Å². The van der Waals surface area contributed by atoms with Gasteiger partial charge in [0.15, 0.2) is 0 Å². The molecule has 0 aliphatic carbocycles. The van der Waals surface area contributed by atoms with Gasteiger partial charge in [-0.25, -0.2) is 4.79 Å². The Bertz CT molecular complexity index is 184. The van der Waals surface area contributed by atoms with Crippen molar-refractivity contribution < 1.29 is 14.3 Å². The van der Waals surface area contributed by atoms with Crippen LogP contribution in [0.2, 0.25) is 0 Å². The molecule has 4 nitrogen and oxygen atoms in total. The van der Waals surface area contributed by atoms with Crippen LogP contribution >= 0.6 is 0 Å². The lowest BCUT2D eigenvalue weighted by Crippen LogP contribution is -2.35. The fourth-order valence-corrected chi connectivity index (χ4v) is 0.607. The molecule has 76 valence electrons. The third kappa shape index (κ3) is 7.31. The molecule has 1 atom stereocenters. The number of aldehydes is 1. The second kappa shape index (κ2) is 4.84. The standard InChI is InChI=1S/C9H17NO3/c1-7(6-11)5-10-8(12)13-9(2,3)4/h6-7H,5H2,1-4H3,(H,10,12)/t7-/m0/s1. The lowest BCUT2D eigenvalue weighted by atomic mass is 10.2. The van der Waals surface area contributed by atoms with Crippen molar-refractivity contribution in [2.75, 3.05) is 6.54 Å². The molecule has 0 saturated heterocycles. The molecule has 0 rings (SSSR count). The van der Waals surface area contributed by atoms with Crippen molar-refractivity contribution >= 4 is 12.4 Å². The van der Waals surface area contributed by atoms with Crippen molar-refractivity contribution in [3.8, 4) is 0 Å². The Morgan fingerprint density at radius 2 is 2.08 bits per heavy atom. The lowest BCUT2D eigenvalue weighted by Gasteiger charge is -2.19. The van der Waals surface area contributed by atoms with Crippen LogP contribution in [-0.4, -0.2) is 24.5 Å². The Kier molecular flexibility index (Phi) is 4.45. The quantitative estimate of drug-likeness (QED) is 0.678. The zero-order valence-electron chi connectivity index (χ0n) is 8.59. The first-order valence-electron chi connectivity index (χ1n) is 4.27. The van der Waals surface area contributed by atoms with Crippen molar-refractivity contribution in [2.24, 2.45) is 5.92 Å². The molecule has 0 fully saturated rings. The molecule has 0 aromatic rings. The first kappa shape index (κ1) is 11.9. The van der Waals surface area contributed by atoms with E-state index in [9.17, 15) is 9.59 Å². The molecule has 0 aromatic carbocycles. The van der Waals surface area contributed by atoms with E-state index in [-0.39, 0.29) is 5.92 Å². The summed E-state index contributed by atoms with van der Waals surface area (Å²) in [5.74, 6) is -0.174. The monoisotopic (exact) mass is 187 g/mol. The highest BCUT2D eigenvalue weighted by Gasteiger charge is 2.15. The summed E-state index contributed by atoms with van der Waals surface area (Å²) in [5.41, 5.74) is -0.492. The molecule has 0 aliphatic heterocycles. The van der Waals surface area contributed by atoms with Gasteiger partial charge in [0.2, 0.25) is 0 Å². The van der Waals surface area contributed by atoms with E-state index in [0.29, 0.717) is 6.54 Å². The summed E-state index contributed by atoms with van der Waals surface area (Å²) in [5, 5.41) is 2.50. The molecular formula is C9H17NO3. The van der Waals surface area contributed by atoms with Gasteiger partial charge in [-0.3, -0.25) is 0 Å². The van der Waals surface area contributed by atoms with Gasteiger partial charge in [-0.2, -0.15) is 0 Å². The summed E-state index contributed by atoms with van der Waals surface area (Å²) in [7, 11) is 0. The highest BCUT2D eigenvalue weighted by molar-refractivity contribution is 5.68. The molecule has 0 heterocycles. The van der Waals surface area contributed by atoms with Gasteiger partial charge in [0.25, 0.3) is 0 Å². The first-order chi connectivity index (χ1) is 5.85. The van der Waals surface area contributed by atoms with E-state index in [4.69, 9.17) is 4.74 Å². The SMILES string of the molecule is C[C@H](C=O)CNC(=O)OC(C)(C)C. The van der Waals surface area contributed by atoms with Crippen LogP contribution in [0.15, 0.2) is 0 Å². The van der Waals surface area contributed by atoms with E-state index in [2.05, 4.69) is 5.32 Å². The van der Waals surface area contributed by atoms with Crippen LogP contribution in [0.4, 0.5) is 4.79 Å². The number of carbonyl (C=O) groups excluding carboxylic acids is 2. The first-order valence-corrected chi connectivity index (χ1v) is 4.27. The fourth-order valence-electron chi connectivity index (χ4n) is 0.607. The third-order valence-corrected chi connectivity index (χ3v) is 1.20. The van der Waals surface area contributed by atoms with Gasteiger partial charge in [0, 0.05) is 12.5 Å². The van der Waals surface area contributed by atoms with Gasteiger partial charge in [-0.15, -0.1) is 0 Å². The van der Waals surface area contributed by atoms with Gasteiger partial charge in [-0.1, -0.05) is 6.92 Å². The predicted molar refractivity (Wildman–Crippen MR) is 49.5 cm³/mol. The maximum atomic E-state index is 11.0. The minimum Gasteiger partial charge on any atom is -0.444 e. The minimum atomic E-state index is -0.492. The van der Waals surface area contributed by atoms with Crippen molar-refractivity contribution in [3.63, 3.8) is 0 Å². The molecule has 0 bridgehead atoms. The highest BCUT2D eigenvalue weighted by Crippen LogP contribution is 2.06. The maximum absolute atomic E-state index is 11.0. The van der Waals surface area contributed by atoms with Gasteiger partial charge in [0.1, 0.15) is 11.9 Å². The van der Waals surface area contributed by atoms with E-state index in [1.165, 1.54) is 0 Å². The summed E-state index contributed by atoms with van der Waals surface area (Å²) in [4.78, 5) is 21.2. The zero-order chi connectivity index (χ0) is 10.5. The van der Waals surface area contributed by atoms with Crippen LogP contribution in [0.1, 0.15) is 27.7 Å². The van der Waals surface area contributed by atoms with Gasteiger partial charge in [0.05, 0.1) is 0 Å². The number of ether oxygens (including phenoxy) is 1. The fraction of sp³-hybridized carbons (Fsp3) is 0.778. The smallest absolute Gasteiger partial charge is 0.407 e. The van der Waals surface area contributed by atoms with Crippen LogP contribution in [0, 0.1) is 5.92 Å². The number of carbonyl (C=O) groups is 2. The molecule has 0 spiro atoms. The Morgan fingerprint density at radius 3 is 2.46 bits per heavy atom. The Labute approximate surface area is 78.6 Å². The van der Waals surface area contributed by atoms with E-state index in [1.807, 2.05) is 0 Å². The van der Waals surface area contributed by atoms with Crippen molar-refractivity contribution in [3.05, 3.63) is 0 Å². The molecule has 0 aromatic heterocycles. The van der Waals surface area contributed by atoms with Crippen molar-refractivity contribution in [2.45, 2.75) is 33.3 Å². The van der Waals surface area contributed by atoms with Crippen LogP contribution in [0.3, 0.4) is 0 Å². The van der Waals surface area contributed by atoms with Crippen molar-refractivity contribution in [1.82, 2.24) is 5.32 Å². The Morgan fingerprint density at radius 1 is 1.54 bits per heavy atom. The number of alkyl carbamates (subject to hydrolysis) is 1. The van der Waals surface area contributed by atoms with Crippen LogP contribution < -0.4 is 5.32 Å². The molecule has 4 heteroatoms. The van der Waals surface area contributed by atoms with Crippen LogP contribution in [0.25, 0.3) is 0 Å². The summed E-state index contributed by atoms with van der Waals surface area (Å²) >= 11 is 0. The zero-order valence-corrected chi connectivity index (χ0v) is 8.59. The largest absolute Gasteiger partial charge is 0.444 e.